The minimum atomic E-state index is -1.06. The molecule has 0 saturated carbocycles. The van der Waals surface area contributed by atoms with Gasteiger partial charge in [0.2, 0.25) is 0 Å². The van der Waals surface area contributed by atoms with Gasteiger partial charge in [-0.3, -0.25) is 0 Å². The lowest BCUT2D eigenvalue weighted by Gasteiger charge is -2.43. The van der Waals surface area contributed by atoms with E-state index in [9.17, 15) is 19.8 Å². The summed E-state index contributed by atoms with van der Waals surface area (Å²) in [5.41, 5.74) is 2.53. The van der Waals surface area contributed by atoms with Crippen molar-refractivity contribution >= 4 is 23.0 Å². The maximum Gasteiger partial charge on any atom is 0.510 e. The van der Waals surface area contributed by atoms with Crippen molar-refractivity contribution in [1.29, 1.82) is 0 Å². The lowest BCUT2D eigenvalue weighted by molar-refractivity contribution is -0.0663. The molecule has 13 heteroatoms. The third kappa shape index (κ3) is 10.2. The first-order valence-corrected chi connectivity index (χ1v) is 16.6. The van der Waals surface area contributed by atoms with E-state index >= 15 is 0 Å². The van der Waals surface area contributed by atoms with Crippen LogP contribution in [-0.4, -0.2) is 92.2 Å². The Bertz CT molecular complexity index is 1720. The highest BCUT2D eigenvalue weighted by Crippen LogP contribution is 2.37. The first-order chi connectivity index (χ1) is 24.9. The minimum Gasteiger partial charge on any atom is -0.507 e. The number of hydrogen-bond acceptors (Lipinski definition) is 12. The predicted octanol–water partition coefficient (Wildman–Crippen LogP) is 5.33. The summed E-state index contributed by atoms with van der Waals surface area (Å²) in [6, 6.07) is 26.2. The molecule has 3 N–H and O–H groups in total. The van der Waals surface area contributed by atoms with Gasteiger partial charge in [0.05, 0.1) is 46.2 Å². The zero-order valence-electron chi connectivity index (χ0n) is 28.3. The highest BCUT2D eigenvalue weighted by atomic mass is 16.8. The first-order valence-electron chi connectivity index (χ1n) is 16.6. The number of benzene rings is 4. The lowest BCUT2D eigenvalue weighted by Crippen LogP contribution is -2.52. The number of aliphatic hydroxyl groups is 2. The fourth-order valence-corrected chi connectivity index (χ4v) is 6.25. The number of rotatable bonds is 16. The van der Waals surface area contributed by atoms with Crippen molar-refractivity contribution in [3.8, 4) is 17.2 Å². The molecule has 1 saturated heterocycles. The molecular weight excluding hydrogens is 662 g/mol. The Labute approximate surface area is 295 Å². The molecule has 0 bridgehead atoms. The molecule has 4 aromatic carbocycles. The Hall–Kier alpha value is -5.08. The Morgan fingerprint density at radius 2 is 1.61 bits per heavy atom. The van der Waals surface area contributed by atoms with Crippen molar-refractivity contribution in [3.05, 3.63) is 102 Å². The minimum absolute atomic E-state index is 0.100. The molecule has 0 aromatic heterocycles. The average molecular weight is 706 g/mol. The maximum absolute atomic E-state index is 12.8. The van der Waals surface area contributed by atoms with Gasteiger partial charge in [0.25, 0.3) is 0 Å². The average Bonchev–Trinajstić information content (AvgIpc) is 3.15. The van der Waals surface area contributed by atoms with Crippen molar-refractivity contribution in [2.75, 3.05) is 53.6 Å². The van der Waals surface area contributed by atoms with Crippen LogP contribution in [0.3, 0.4) is 0 Å². The SMILES string of the molecule is COc1ccccc1COCCCOc1ccc(C2C(COC(=O)OCO)CN(C(=O)OCO)CC2OCc2cc(O)c3ccccc3c2)cc1. The van der Waals surface area contributed by atoms with Crippen molar-refractivity contribution in [2.45, 2.75) is 31.7 Å². The largest absolute Gasteiger partial charge is 0.510 e. The smallest absolute Gasteiger partial charge is 0.507 e. The first kappa shape index (κ1) is 37.2. The molecular formula is C38H43NO12. The third-order valence-corrected chi connectivity index (χ3v) is 8.59. The number of aliphatic hydroxyl groups excluding tert-OH is 2. The van der Waals surface area contributed by atoms with E-state index in [1.807, 2.05) is 78.9 Å². The zero-order valence-corrected chi connectivity index (χ0v) is 28.3. The van der Waals surface area contributed by atoms with Crippen LogP contribution in [0.1, 0.15) is 29.0 Å². The second-order valence-electron chi connectivity index (χ2n) is 11.9. The van der Waals surface area contributed by atoms with Crippen LogP contribution in [0.2, 0.25) is 0 Å². The number of carbonyl (C=O) groups is 2. The van der Waals surface area contributed by atoms with Crippen LogP contribution in [0.4, 0.5) is 9.59 Å². The third-order valence-electron chi connectivity index (χ3n) is 8.59. The van der Waals surface area contributed by atoms with Crippen molar-refractivity contribution < 1.29 is 58.1 Å². The molecule has 272 valence electrons. The molecule has 3 unspecified atom stereocenters. The Kier molecular flexibility index (Phi) is 13.7. The summed E-state index contributed by atoms with van der Waals surface area (Å²) in [5, 5.41) is 30.5. The predicted molar refractivity (Wildman–Crippen MR) is 184 cm³/mol. The van der Waals surface area contributed by atoms with E-state index < -0.39 is 43.8 Å². The lowest BCUT2D eigenvalue weighted by atomic mass is 9.78. The molecule has 1 fully saturated rings. The van der Waals surface area contributed by atoms with Gasteiger partial charge in [-0.25, -0.2) is 9.59 Å². The summed E-state index contributed by atoms with van der Waals surface area (Å²) in [5.74, 6) is 0.655. The molecule has 5 rings (SSSR count). The number of aromatic hydroxyl groups is 1. The van der Waals surface area contributed by atoms with Crippen LogP contribution in [-0.2, 0) is 36.9 Å². The standard InChI is InChI=1S/C38H43NO12/c1-45-34-10-5-3-8-29(34)22-46-15-6-16-47-31-13-11-27(12-14-31)36-30(23-49-38(44)51-25-41)19-39(37(43)50-24-40)20-35(36)48-21-26-17-28-7-2-4-9-32(28)33(42)18-26/h2-5,7-14,17-18,30,35-36,40-42H,6,15-16,19-25H2,1H3. The number of ether oxygens (including phenoxy) is 7. The molecule has 13 nitrogen and oxygen atoms in total. The molecule has 3 atom stereocenters. The monoisotopic (exact) mass is 705 g/mol. The number of carbonyl (C=O) groups excluding carboxylic acids is 2. The Morgan fingerprint density at radius 3 is 2.39 bits per heavy atom. The summed E-state index contributed by atoms with van der Waals surface area (Å²) in [6.07, 6.45) is -1.78. The molecule has 0 spiro atoms. The van der Waals surface area contributed by atoms with Gasteiger partial charge in [0.1, 0.15) is 23.9 Å². The summed E-state index contributed by atoms with van der Waals surface area (Å²) < 4.78 is 38.3. The van der Waals surface area contributed by atoms with E-state index in [-0.39, 0.29) is 32.1 Å². The number of piperidine rings is 1. The van der Waals surface area contributed by atoms with Gasteiger partial charge >= 0.3 is 12.2 Å². The number of phenolic OH excluding ortho intramolecular Hbond substituents is 1. The summed E-state index contributed by atoms with van der Waals surface area (Å²) in [6.45, 7) is -0.136. The van der Waals surface area contributed by atoms with Crippen LogP contribution in [0.25, 0.3) is 10.8 Å². The molecule has 1 aliphatic rings. The van der Waals surface area contributed by atoms with Gasteiger partial charge in [-0.15, -0.1) is 0 Å². The quantitative estimate of drug-likeness (QED) is 0.0782. The zero-order chi connectivity index (χ0) is 36.0. The van der Waals surface area contributed by atoms with Crippen molar-refractivity contribution in [2.24, 2.45) is 5.92 Å². The second kappa shape index (κ2) is 18.8. The van der Waals surface area contributed by atoms with Crippen LogP contribution in [0.15, 0.2) is 84.9 Å². The van der Waals surface area contributed by atoms with Gasteiger partial charge < -0.3 is 53.4 Å². The maximum atomic E-state index is 12.8. The molecule has 0 radical (unpaired) electrons. The summed E-state index contributed by atoms with van der Waals surface area (Å²) >= 11 is 0. The number of likely N-dealkylation sites (tertiary alicyclic amines) is 1. The van der Waals surface area contributed by atoms with Gasteiger partial charge in [-0.2, -0.15) is 0 Å². The Morgan fingerprint density at radius 1 is 0.843 bits per heavy atom. The molecule has 4 aromatic rings. The number of methoxy groups -OCH3 is 1. The van der Waals surface area contributed by atoms with E-state index in [1.54, 1.807) is 13.2 Å². The van der Waals surface area contributed by atoms with Gasteiger partial charge in [0.15, 0.2) is 13.6 Å². The number of hydrogen-bond donors (Lipinski definition) is 3. The van der Waals surface area contributed by atoms with Crippen molar-refractivity contribution in [1.82, 2.24) is 4.90 Å². The number of amides is 1. The van der Waals surface area contributed by atoms with Crippen LogP contribution < -0.4 is 9.47 Å². The van der Waals surface area contributed by atoms with Gasteiger partial charge in [0, 0.05) is 35.8 Å². The van der Waals surface area contributed by atoms with Crippen LogP contribution in [0, 0.1) is 5.92 Å². The number of nitrogens with zero attached hydrogens (tertiary/aromatic N) is 1. The molecule has 1 heterocycles. The van der Waals surface area contributed by atoms with E-state index in [1.165, 1.54) is 4.90 Å². The molecule has 51 heavy (non-hydrogen) atoms. The summed E-state index contributed by atoms with van der Waals surface area (Å²) in [7, 11) is 1.63. The van der Waals surface area contributed by atoms with E-state index in [2.05, 4.69) is 4.74 Å². The van der Waals surface area contributed by atoms with Crippen LogP contribution in [0.5, 0.6) is 17.2 Å². The molecule has 1 amide bonds. The highest BCUT2D eigenvalue weighted by Gasteiger charge is 2.41. The molecule has 1 aliphatic heterocycles. The number of para-hydroxylation sites is 1. The summed E-state index contributed by atoms with van der Waals surface area (Å²) in [4.78, 5) is 26.3. The fourth-order valence-electron chi connectivity index (χ4n) is 6.25. The topological polar surface area (TPSA) is 163 Å². The highest BCUT2D eigenvalue weighted by molar-refractivity contribution is 5.88. The molecule has 0 aliphatic carbocycles. The normalized spacial score (nSPS) is 17.2. The van der Waals surface area contributed by atoms with Gasteiger partial charge in [-0.05, 0) is 46.8 Å². The second-order valence-corrected chi connectivity index (χ2v) is 11.9. The number of fused-ring (bicyclic) bond motifs is 1. The van der Waals surface area contributed by atoms with E-state index in [0.29, 0.717) is 37.4 Å². The van der Waals surface area contributed by atoms with Gasteiger partial charge in [-0.1, -0.05) is 54.6 Å². The van der Waals surface area contributed by atoms with Crippen LogP contribution >= 0.6 is 0 Å². The van der Waals surface area contributed by atoms with E-state index in [0.717, 1.165) is 27.8 Å². The van der Waals surface area contributed by atoms with E-state index in [4.69, 9.17) is 33.5 Å². The number of phenols is 1. The van der Waals surface area contributed by atoms with Crippen molar-refractivity contribution in [3.63, 3.8) is 0 Å². The Balaban J connectivity index is 1.29. The fraction of sp³-hybridized carbons (Fsp3) is 0.368.